The summed E-state index contributed by atoms with van der Waals surface area (Å²) in [4.78, 5) is 0. The summed E-state index contributed by atoms with van der Waals surface area (Å²) in [5.74, 6) is 1.53. The number of nitrogens with one attached hydrogen (secondary N) is 1. The Morgan fingerprint density at radius 3 is 2.62 bits per heavy atom. The Balaban J connectivity index is 1.71. The third-order valence-corrected chi connectivity index (χ3v) is 3.54. The normalized spacial score (nSPS) is 11.2. The minimum Gasteiger partial charge on any atom is -0.467 e. The minimum absolute atomic E-state index is 0.500. The first-order valence-corrected chi connectivity index (χ1v) is 8.02. The summed E-state index contributed by atoms with van der Waals surface area (Å²) in [5, 5.41) is 3.40. The van der Waals surface area contributed by atoms with Gasteiger partial charge in [-0.15, -0.1) is 0 Å². The molecular formula is C17H22BrNO2. The SMILES string of the molecule is CC(C)CNCc1coc(COCc2ccc(Br)cc2)c1. The van der Waals surface area contributed by atoms with Crippen molar-refractivity contribution < 1.29 is 9.15 Å². The van der Waals surface area contributed by atoms with Crippen molar-refractivity contribution >= 4 is 15.9 Å². The van der Waals surface area contributed by atoms with Crippen LogP contribution in [0.5, 0.6) is 0 Å². The second-order valence-corrected chi connectivity index (χ2v) is 6.48. The summed E-state index contributed by atoms with van der Waals surface area (Å²) >= 11 is 3.42. The molecule has 21 heavy (non-hydrogen) atoms. The molecule has 0 fully saturated rings. The van der Waals surface area contributed by atoms with Crippen LogP contribution in [0.2, 0.25) is 0 Å². The Bertz CT molecular complexity index is 534. The molecule has 0 aliphatic heterocycles. The first-order valence-electron chi connectivity index (χ1n) is 7.22. The topological polar surface area (TPSA) is 34.4 Å². The number of rotatable bonds is 8. The summed E-state index contributed by atoms with van der Waals surface area (Å²) in [5.41, 5.74) is 2.32. The fraction of sp³-hybridized carbons (Fsp3) is 0.412. The van der Waals surface area contributed by atoms with Gasteiger partial charge in [0.15, 0.2) is 0 Å². The van der Waals surface area contributed by atoms with E-state index >= 15 is 0 Å². The molecule has 114 valence electrons. The van der Waals surface area contributed by atoms with Gasteiger partial charge in [0.25, 0.3) is 0 Å². The van der Waals surface area contributed by atoms with E-state index in [4.69, 9.17) is 9.15 Å². The van der Waals surface area contributed by atoms with Gasteiger partial charge in [0.1, 0.15) is 12.4 Å². The van der Waals surface area contributed by atoms with Crippen molar-refractivity contribution in [2.75, 3.05) is 6.54 Å². The summed E-state index contributed by atoms with van der Waals surface area (Å²) < 4.78 is 12.3. The Morgan fingerprint density at radius 1 is 1.14 bits per heavy atom. The van der Waals surface area contributed by atoms with Crippen molar-refractivity contribution in [3.63, 3.8) is 0 Å². The van der Waals surface area contributed by atoms with E-state index in [1.165, 1.54) is 0 Å². The largest absolute Gasteiger partial charge is 0.467 e. The lowest BCUT2D eigenvalue weighted by Crippen LogP contribution is -2.18. The van der Waals surface area contributed by atoms with Gasteiger partial charge >= 0.3 is 0 Å². The van der Waals surface area contributed by atoms with Crippen LogP contribution in [-0.2, 0) is 24.5 Å². The molecule has 1 heterocycles. The second kappa shape index (κ2) is 8.37. The van der Waals surface area contributed by atoms with Gasteiger partial charge in [0.2, 0.25) is 0 Å². The Kier molecular flexibility index (Phi) is 6.49. The molecule has 3 nitrogen and oxygen atoms in total. The lowest BCUT2D eigenvalue weighted by atomic mass is 10.2. The fourth-order valence-corrected chi connectivity index (χ4v) is 2.21. The van der Waals surface area contributed by atoms with Crippen molar-refractivity contribution in [1.82, 2.24) is 5.32 Å². The van der Waals surface area contributed by atoms with Gasteiger partial charge in [0.05, 0.1) is 12.9 Å². The van der Waals surface area contributed by atoms with Crippen molar-refractivity contribution in [2.45, 2.75) is 33.6 Å². The molecule has 2 rings (SSSR count). The van der Waals surface area contributed by atoms with E-state index in [0.29, 0.717) is 19.1 Å². The Hall–Kier alpha value is -1.10. The van der Waals surface area contributed by atoms with Crippen LogP contribution >= 0.6 is 15.9 Å². The molecule has 0 spiro atoms. The lowest BCUT2D eigenvalue weighted by Gasteiger charge is -2.04. The van der Waals surface area contributed by atoms with Crippen LogP contribution in [0, 0.1) is 5.92 Å². The van der Waals surface area contributed by atoms with Crippen LogP contribution in [-0.4, -0.2) is 6.54 Å². The lowest BCUT2D eigenvalue weighted by molar-refractivity contribution is 0.0929. The molecular weight excluding hydrogens is 330 g/mol. The second-order valence-electron chi connectivity index (χ2n) is 5.57. The number of ether oxygens (including phenoxy) is 1. The van der Waals surface area contributed by atoms with E-state index in [1.807, 2.05) is 24.3 Å². The van der Waals surface area contributed by atoms with E-state index in [0.717, 1.165) is 34.4 Å². The maximum Gasteiger partial charge on any atom is 0.129 e. The van der Waals surface area contributed by atoms with Crippen LogP contribution in [0.3, 0.4) is 0 Å². The third kappa shape index (κ3) is 6.04. The van der Waals surface area contributed by atoms with Gasteiger partial charge in [-0.2, -0.15) is 0 Å². The molecule has 0 aliphatic rings. The average Bonchev–Trinajstić information content (AvgIpc) is 2.88. The predicted molar refractivity (Wildman–Crippen MR) is 87.9 cm³/mol. The maximum absolute atomic E-state index is 5.67. The molecule has 1 aromatic heterocycles. The quantitative estimate of drug-likeness (QED) is 0.759. The van der Waals surface area contributed by atoms with E-state index in [9.17, 15) is 0 Å². The first-order chi connectivity index (χ1) is 10.1. The average molecular weight is 352 g/mol. The van der Waals surface area contributed by atoms with Crippen molar-refractivity contribution in [1.29, 1.82) is 0 Å². The summed E-state index contributed by atoms with van der Waals surface area (Å²) in [7, 11) is 0. The van der Waals surface area contributed by atoms with Crippen molar-refractivity contribution in [3.8, 4) is 0 Å². The minimum atomic E-state index is 0.500. The van der Waals surface area contributed by atoms with Gasteiger partial charge < -0.3 is 14.5 Å². The summed E-state index contributed by atoms with van der Waals surface area (Å²) in [6.07, 6.45) is 1.80. The van der Waals surface area contributed by atoms with Crippen LogP contribution in [0.25, 0.3) is 0 Å². The van der Waals surface area contributed by atoms with Gasteiger partial charge in [-0.3, -0.25) is 0 Å². The van der Waals surface area contributed by atoms with Crippen LogP contribution < -0.4 is 5.32 Å². The van der Waals surface area contributed by atoms with Crippen molar-refractivity contribution in [3.05, 3.63) is 58.0 Å². The molecule has 0 saturated heterocycles. The highest BCUT2D eigenvalue weighted by molar-refractivity contribution is 9.10. The highest BCUT2D eigenvalue weighted by Crippen LogP contribution is 2.13. The molecule has 0 amide bonds. The number of halogens is 1. The third-order valence-electron chi connectivity index (χ3n) is 3.02. The first kappa shape index (κ1) is 16.3. The molecule has 0 saturated carbocycles. The molecule has 0 atom stereocenters. The predicted octanol–water partition coefficient (Wildman–Crippen LogP) is 4.50. The van der Waals surface area contributed by atoms with E-state index in [2.05, 4.69) is 41.2 Å². The smallest absolute Gasteiger partial charge is 0.129 e. The van der Waals surface area contributed by atoms with Crippen LogP contribution in [0.15, 0.2) is 45.5 Å². The van der Waals surface area contributed by atoms with Crippen LogP contribution in [0.4, 0.5) is 0 Å². The highest BCUT2D eigenvalue weighted by Gasteiger charge is 2.03. The standard InChI is InChI=1S/C17H22BrNO2/c1-13(2)8-19-9-15-7-17(21-11-15)12-20-10-14-3-5-16(18)6-4-14/h3-7,11,13,19H,8-10,12H2,1-2H3. The monoisotopic (exact) mass is 351 g/mol. The van der Waals surface area contributed by atoms with E-state index in [1.54, 1.807) is 6.26 Å². The molecule has 1 aromatic carbocycles. The molecule has 2 aromatic rings. The van der Waals surface area contributed by atoms with Crippen LogP contribution in [0.1, 0.15) is 30.7 Å². The molecule has 4 heteroatoms. The Labute approximate surface area is 134 Å². The van der Waals surface area contributed by atoms with Gasteiger partial charge in [0, 0.05) is 16.6 Å². The van der Waals surface area contributed by atoms with Crippen molar-refractivity contribution in [2.24, 2.45) is 5.92 Å². The number of hydrogen-bond donors (Lipinski definition) is 1. The molecule has 0 unspecified atom stereocenters. The van der Waals surface area contributed by atoms with Gasteiger partial charge in [-0.1, -0.05) is 41.9 Å². The zero-order chi connectivity index (χ0) is 15.1. The Morgan fingerprint density at radius 2 is 1.90 bits per heavy atom. The van der Waals surface area contributed by atoms with Gasteiger partial charge in [-0.05, 0) is 36.2 Å². The highest BCUT2D eigenvalue weighted by atomic mass is 79.9. The number of hydrogen-bond acceptors (Lipinski definition) is 3. The van der Waals surface area contributed by atoms with E-state index < -0.39 is 0 Å². The zero-order valence-corrected chi connectivity index (χ0v) is 14.2. The molecule has 0 aliphatic carbocycles. The zero-order valence-electron chi connectivity index (χ0n) is 12.6. The number of furan rings is 1. The molecule has 0 bridgehead atoms. The maximum atomic E-state index is 5.67. The summed E-state index contributed by atoms with van der Waals surface area (Å²) in [6, 6.07) is 10.2. The summed E-state index contributed by atoms with van der Waals surface area (Å²) in [6.45, 7) is 7.34. The molecule has 0 radical (unpaired) electrons. The van der Waals surface area contributed by atoms with E-state index in [-0.39, 0.29) is 0 Å². The van der Waals surface area contributed by atoms with Gasteiger partial charge in [-0.25, -0.2) is 0 Å². The fourth-order valence-electron chi connectivity index (χ4n) is 1.95. The number of benzene rings is 1. The molecule has 1 N–H and O–H groups in total.